The fourth-order valence-corrected chi connectivity index (χ4v) is 4.11. The van der Waals surface area contributed by atoms with E-state index >= 15 is 0 Å². The highest BCUT2D eigenvalue weighted by molar-refractivity contribution is 7.92. The van der Waals surface area contributed by atoms with E-state index in [-0.39, 0.29) is 5.75 Å². The molecule has 0 aliphatic carbocycles. The summed E-state index contributed by atoms with van der Waals surface area (Å²) in [5.74, 6) is 0.934. The van der Waals surface area contributed by atoms with Gasteiger partial charge >= 0.3 is 0 Å². The van der Waals surface area contributed by atoms with Crippen LogP contribution in [-0.2, 0) is 16.3 Å². The molecule has 1 aromatic rings. The second-order valence-electron chi connectivity index (χ2n) is 6.53. The molecule has 0 amide bonds. The maximum absolute atomic E-state index is 12.1. The minimum absolute atomic E-state index is 0.171. The van der Waals surface area contributed by atoms with E-state index in [1.807, 2.05) is 17.2 Å². The van der Waals surface area contributed by atoms with Crippen LogP contribution in [0, 0.1) is 6.92 Å². The Labute approximate surface area is 138 Å². The van der Waals surface area contributed by atoms with Gasteiger partial charge in [-0.3, -0.25) is 9.98 Å². The van der Waals surface area contributed by atoms with Crippen LogP contribution in [0.4, 0.5) is 0 Å². The number of guanidine groups is 1. The van der Waals surface area contributed by atoms with Crippen LogP contribution < -0.4 is 5.32 Å². The van der Waals surface area contributed by atoms with Crippen LogP contribution in [0.15, 0.2) is 23.5 Å². The Morgan fingerprint density at radius 3 is 2.83 bits per heavy atom. The third kappa shape index (κ3) is 4.02. The Morgan fingerprint density at radius 2 is 2.22 bits per heavy atom. The fourth-order valence-electron chi connectivity index (χ4n) is 2.75. The first-order chi connectivity index (χ1) is 10.8. The summed E-state index contributed by atoms with van der Waals surface area (Å²) in [5.41, 5.74) is 2.43. The number of sulfone groups is 1. The van der Waals surface area contributed by atoms with Gasteiger partial charge in [0.25, 0.3) is 0 Å². The van der Waals surface area contributed by atoms with Gasteiger partial charge < -0.3 is 10.2 Å². The van der Waals surface area contributed by atoms with Crippen molar-refractivity contribution in [1.29, 1.82) is 0 Å². The fraction of sp³-hybridized carbons (Fsp3) is 0.625. The highest BCUT2D eigenvalue weighted by Gasteiger charge is 2.40. The molecule has 7 heteroatoms. The molecule has 0 atom stereocenters. The highest BCUT2D eigenvalue weighted by atomic mass is 32.2. The van der Waals surface area contributed by atoms with Crippen molar-refractivity contribution in [3.63, 3.8) is 0 Å². The average Bonchev–Trinajstić information content (AvgIpc) is 2.48. The molecule has 1 aliphatic heterocycles. The predicted molar refractivity (Wildman–Crippen MR) is 93.5 cm³/mol. The van der Waals surface area contributed by atoms with Crippen molar-refractivity contribution < 1.29 is 8.42 Å². The number of aliphatic imine (C=N–C) groups is 1. The van der Waals surface area contributed by atoms with E-state index in [1.165, 1.54) is 11.1 Å². The Morgan fingerprint density at radius 1 is 1.48 bits per heavy atom. The van der Waals surface area contributed by atoms with Crippen LogP contribution in [0.5, 0.6) is 0 Å². The van der Waals surface area contributed by atoms with Crippen LogP contribution in [0.3, 0.4) is 0 Å². The standard InChI is InChI=1S/C16H26N4O2S/c1-13-11-18-7-5-14(13)6-8-19-15(17-4)20-9-10-23(21,22)16(2,3)12-20/h5,7,11H,6,8-10,12H2,1-4H3,(H,17,19). The van der Waals surface area contributed by atoms with E-state index < -0.39 is 14.6 Å². The highest BCUT2D eigenvalue weighted by Crippen LogP contribution is 2.23. The topological polar surface area (TPSA) is 74.7 Å². The molecule has 6 nitrogen and oxygen atoms in total. The second-order valence-corrected chi connectivity index (χ2v) is 9.27. The van der Waals surface area contributed by atoms with Crippen molar-refractivity contribution in [2.24, 2.45) is 4.99 Å². The Hall–Kier alpha value is -1.63. The molecular formula is C16H26N4O2S. The van der Waals surface area contributed by atoms with E-state index in [1.54, 1.807) is 27.1 Å². The lowest BCUT2D eigenvalue weighted by molar-refractivity contribution is 0.353. The quantitative estimate of drug-likeness (QED) is 0.658. The number of nitrogens with one attached hydrogen (secondary N) is 1. The molecule has 0 unspecified atom stereocenters. The summed E-state index contributed by atoms with van der Waals surface area (Å²) in [6.45, 7) is 7.31. The van der Waals surface area contributed by atoms with Gasteiger partial charge in [0.1, 0.15) is 0 Å². The third-order valence-electron chi connectivity index (χ3n) is 4.37. The molecule has 23 heavy (non-hydrogen) atoms. The monoisotopic (exact) mass is 338 g/mol. The molecular weight excluding hydrogens is 312 g/mol. The van der Waals surface area contributed by atoms with Crippen LogP contribution in [0.1, 0.15) is 25.0 Å². The van der Waals surface area contributed by atoms with Gasteiger partial charge in [-0.25, -0.2) is 8.42 Å². The average molecular weight is 338 g/mol. The summed E-state index contributed by atoms with van der Waals surface area (Å²) in [5, 5.41) is 3.34. The number of pyridine rings is 1. The first-order valence-electron chi connectivity index (χ1n) is 7.84. The van der Waals surface area contributed by atoms with Crippen molar-refractivity contribution in [1.82, 2.24) is 15.2 Å². The van der Waals surface area contributed by atoms with E-state index in [9.17, 15) is 8.42 Å². The molecule has 0 saturated carbocycles. The first kappa shape index (κ1) is 17.7. The minimum Gasteiger partial charge on any atom is -0.356 e. The largest absolute Gasteiger partial charge is 0.356 e. The predicted octanol–water partition coefficient (Wildman–Crippen LogP) is 1.02. The van der Waals surface area contributed by atoms with Crippen LogP contribution in [0.25, 0.3) is 0 Å². The van der Waals surface area contributed by atoms with Gasteiger partial charge in [-0.2, -0.15) is 0 Å². The van der Waals surface area contributed by atoms with E-state index in [2.05, 4.69) is 22.2 Å². The zero-order valence-corrected chi connectivity index (χ0v) is 15.2. The number of nitrogens with zero attached hydrogens (tertiary/aromatic N) is 3. The summed E-state index contributed by atoms with van der Waals surface area (Å²) in [4.78, 5) is 10.4. The van der Waals surface area contributed by atoms with Gasteiger partial charge in [0.15, 0.2) is 15.8 Å². The Bertz CT molecular complexity index is 683. The van der Waals surface area contributed by atoms with Crippen LogP contribution in [-0.4, -0.2) is 61.4 Å². The zero-order valence-electron chi connectivity index (χ0n) is 14.3. The maximum atomic E-state index is 12.1. The second kappa shape index (κ2) is 6.86. The number of hydrogen-bond donors (Lipinski definition) is 1. The molecule has 1 fully saturated rings. The molecule has 0 radical (unpaired) electrons. The molecule has 0 bridgehead atoms. The minimum atomic E-state index is -3.04. The van der Waals surface area contributed by atoms with Gasteiger partial charge in [-0.05, 0) is 44.4 Å². The van der Waals surface area contributed by atoms with Crippen molar-refractivity contribution in [2.45, 2.75) is 31.9 Å². The smallest absolute Gasteiger partial charge is 0.193 e. The van der Waals surface area contributed by atoms with Gasteiger partial charge in [-0.1, -0.05) is 0 Å². The zero-order chi connectivity index (χ0) is 17.1. The molecule has 2 rings (SSSR count). The summed E-state index contributed by atoms with van der Waals surface area (Å²) < 4.78 is 23.5. The molecule has 0 aromatic carbocycles. The molecule has 1 saturated heterocycles. The molecule has 1 N–H and O–H groups in total. The van der Waals surface area contributed by atoms with Gasteiger partial charge in [-0.15, -0.1) is 0 Å². The summed E-state index contributed by atoms with van der Waals surface area (Å²) in [6.07, 6.45) is 4.54. The molecule has 2 heterocycles. The lowest BCUT2D eigenvalue weighted by atomic mass is 10.1. The van der Waals surface area contributed by atoms with Crippen molar-refractivity contribution >= 4 is 15.8 Å². The van der Waals surface area contributed by atoms with Crippen molar-refractivity contribution in [3.05, 3.63) is 29.6 Å². The van der Waals surface area contributed by atoms with E-state index in [4.69, 9.17) is 0 Å². The Balaban J connectivity index is 1.95. The summed E-state index contributed by atoms with van der Waals surface area (Å²) in [6, 6.07) is 2.02. The van der Waals surface area contributed by atoms with Crippen molar-refractivity contribution in [2.75, 3.05) is 32.4 Å². The Kier molecular flexibility index (Phi) is 5.29. The summed E-state index contributed by atoms with van der Waals surface area (Å²) >= 11 is 0. The summed E-state index contributed by atoms with van der Waals surface area (Å²) in [7, 11) is -1.30. The number of rotatable bonds is 3. The molecule has 1 aliphatic rings. The van der Waals surface area contributed by atoms with Crippen LogP contribution >= 0.6 is 0 Å². The molecule has 0 spiro atoms. The molecule has 1 aromatic heterocycles. The molecule has 128 valence electrons. The van der Waals surface area contributed by atoms with Gasteiger partial charge in [0.2, 0.25) is 0 Å². The normalized spacial score (nSPS) is 20.3. The van der Waals surface area contributed by atoms with Crippen LogP contribution in [0.2, 0.25) is 0 Å². The van der Waals surface area contributed by atoms with Gasteiger partial charge in [0, 0.05) is 39.1 Å². The lowest BCUT2D eigenvalue weighted by Gasteiger charge is -2.39. The van der Waals surface area contributed by atoms with Crippen molar-refractivity contribution in [3.8, 4) is 0 Å². The number of aromatic nitrogens is 1. The maximum Gasteiger partial charge on any atom is 0.193 e. The third-order valence-corrected chi connectivity index (χ3v) is 6.90. The SMILES string of the molecule is CN=C(NCCc1ccncc1C)N1CCS(=O)(=O)C(C)(C)C1. The van der Waals surface area contributed by atoms with E-state index in [0.717, 1.165) is 18.9 Å². The lowest BCUT2D eigenvalue weighted by Crippen LogP contribution is -2.57. The number of hydrogen-bond acceptors (Lipinski definition) is 4. The number of aryl methyl sites for hydroxylation is 1. The van der Waals surface area contributed by atoms with Gasteiger partial charge in [0.05, 0.1) is 10.5 Å². The first-order valence-corrected chi connectivity index (χ1v) is 9.49. The van der Waals surface area contributed by atoms with E-state index in [0.29, 0.717) is 13.1 Å².